The Kier molecular flexibility index (Phi) is 9.57. The molecule has 1 aromatic heterocycles. The van der Waals surface area contributed by atoms with Crippen molar-refractivity contribution < 1.29 is 9.21 Å². The second-order valence-corrected chi connectivity index (χ2v) is 7.79. The highest BCUT2D eigenvalue weighted by atomic mass is 127. The topological polar surface area (TPSA) is 64.3 Å². The molecule has 1 unspecified atom stereocenters. The van der Waals surface area contributed by atoms with Crippen molar-refractivity contribution in [2.75, 3.05) is 59.9 Å². The molecule has 1 amide bonds. The number of furan rings is 1. The zero-order valence-corrected chi connectivity index (χ0v) is 19.4. The zero-order valence-electron chi connectivity index (χ0n) is 17.1. The molecule has 0 aromatic carbocycles. The first kappa shape index (κ1) is 23.0. The van der Waals surface area contributed by atoms with Crippen molar-refractivity contribution >= 4 is 35.8 Å². The van der Waals surface area contributed by atoms with Crippen LogP contribution >= 0.6 is 24.0 Å². The lowest BCUT2D eigenvalue weighted by molar-refractivity contribution is -0.127. The van der Waals surface area contributed by atoms with Crippen molar-refractivity contribution in [2.24, 2.45) is 10.9 Å². The second kappa shape index (κ2) is 11.6. The first-order valence-corrected chi connectivity index (χ1v) is 10.1. The van der Waals surface area contributed by atoms with Crippen LogP contribution in [-0.2, 0) is 11.2 Å². The number of carbonyl (C=O) groups excluding carboxylic acids is 1. The zero-order chi connectivity index (χ0) is 19.1. The number of halogens is 1. The molecule has 0 aliphatic carbocycles. The highest BCUT2D eigenvalue weighted by molar-refractivity contribution is 14.0. The average Bonchev–Trinajstić information content (AvgIpc) is 3.41. The molecule has 0 spiro atoms. The number of hydrogen-bond donors (Lipinski definition) is 1. The van der Waals surface area contributed by atoms with E-state index in [-0.39, 0.29) is 36.4 Å². The van der Waals surface area contributed by atoms with Crippen molar-refractivity contribution in [1.82, 2.24) is 20.0 Å². The maximum absolute atomic E-state index is 12.0. The number of rotatable bonds is 7. The predicted molar refractivity (Wildman–Crippen MR) is 122 cm³/mol. The second-order valence-electron chi connectivity index (χ2n) is 7.79. The minimum Gasteiger partial charge on any atom is -0.469 e. The number of likely N-dealkylation sites (tertiary alicyclic amines) is 2. The van der Waals surface area contributed by atoms with Gasteiger partial charge in [0.15, 0.2) is 5.96 Å². The monoisotopic (exact) mass is 503 g/mol. The van der Waals surface area contributed by atoms with Crippen LogP contribution < -0.4 is 5.32 Å². The summed E-state index contributed by atoms with van der Waals surface area (Å²) < 4.78 is 5.40. The summed E-state index contributed by atoms with van der Waals surface area (Å²) in [6.45, 7) is 6.62. The van der Waals surface area contributed by atoms with Gasteiger partial charge in [0.1, 0.15) is 12.3 Å². The fraction of sp³-hybridized carbons (Fsp3) is 0.700. The van der Waals surface area contributed by atoms with Crippen molar-refractivity contribution in [3.8, 4) is 0 Å². The van der Waals surface area contributed by atoms with E-state index in [1.165, 1.54) is 38.9 Å². The molecule has 2 fully saturated rings. The molecule has 0 bridgehead atoms. The van der Waals surface area contributed by atoms with Gasteiger partial charge in [0.2, 0.25) is 5.91 Å². The molecule has 2 aliphatic rings. The highest BCUT2D eigenvalue weighted by Gasteiger charge is 2.27. The number of carbonyl (C=O) groups is 1. The maximum atomic E-state index is 12.0. The van der Waals surface area contributed by atoms with Gasteiger partial charge in [0.05, 0.1) is 6.26 Å². The summed E-state index contributed by atoms with van der Waals surface area (Å²) in [6, 6.07) is 3.89. The van der Waals surface area contributed by atoms with Crippen molar-refractivity contribution in [2.45, 2.75) is 25.7 Å². The van der Waals surface area contributed by atoms with Crippen LogP contribution in [0.4, 0.5) is 0 Å². The van der Waals surface area contributed by atoms with Crippen LogP contribution in [0, 0.1) is 5.92 Å². The number of guanidine groups is 1. The van der Waals surface area contributed by atoms with Crippen molar-refractivity contribution in [3.05, 3.63) is 24.2 Å². The number of likely N-dealkylation sites (N-methyl/N-ethyl adjacent to an activating group) is 1. The van der Waals surface area contributed by atoms with Crippen LogP contribution in [0.5, 0.6) is 0 Å². The van der Waals surface area contributed by atoms with Gasteiger partial charge in [0, 0.05) is 46.7 Å². The summed E-state index contributed by atoms with van der Waals surface area (Å²) in [4.78, 5) is 23.1. The number of nitrogens with zero attached hydrogens (tertiary/aromatic N) is 4. The molecule has 2 saturated heterocycles. The van der Waals surface area contributed by atoms with Crippen LogP contribution in [0.3, 0.4) is 0 Å². The Bertz CT molecular complexity index is 614. The van der Waals surface area contributed by atoms with Gasteiger partial charge in [-0.1, -0.05) is 0 Å². The number of nitrogens with one attached hydrogen (secondary N) is 1. The van der Waals surface area contributed by atoms with Crippen molar-refractivity contribution in [1.29, 1.82) is 0 Å². The van der Waals surface area contributed by atoms with Crippen LogP contribution in [0.1, 0.15) is 25.0 Å². The van der Waals surface area contributed by atoms with Crippen LogP contribution in [0.2, 0.25) is 0 Å². The molecule has 2 aliphatic heterocycles. The number of hydrogen-bond acceptors (Lipinski definition) is 4. The standard InChI is InChI=1S/C20H33N5O2.HI/c1-23(2)19(26)14-22-20(21-9-7-18-6-5-13-27-18)25-12-8-17(16-25)15-24-10-3-4-11-24;/h5-6,13,17H,3-4,7-12,14-16H2,1-2H3,(H,21,22);1H. The van der Waals surface area contributed by atoms with E-state index < -0.39 is 0 Å². The van der Waals surface area contributed by atoms with Gasteiger partial charge in [-0.25, -0.2) is 4.99 Å². The molecular weight excluding hydrogens is 469 g/mol. The minimum atomic E-state index is 0. The van der Waals surface area contributed by atoms with Gasteiger partial charge in [-0.3, -0.25) is 4.79 Å². The molecule has 28 heavy (non-hydrogen) atoms. The highest BCUT2D eigenvalue weighted by Crippen LogP contribution is 2.20. The minimum absolute atomic E-state index is 0. The van der Waals surface area contributed by atoms with E-state index >= 15 is 0 Å². The molecule has 3 heterocycles. The van der Waals surface area contributed by atoms with Crippen LogP contribution in [-0.4, -0.2) is 86.5 Å². The van der Waals surface area contributed by atoms with Gasteiger partial charge < -0.3 is 24.4 Å². The quantitative estimate of drug-likeness (QED) is 0.350. The average molecular weight is 503 g/mol. The van der Waals surface area contributed by atoms with E-state index in [1.54, 1.807) is 25.3 Å². The van der Waals surface area contributed by atoms with Gasteiger partial charge in [0.25, 0.3) is 0 Å². The fourth-order valence-corrected chi connectivity index (χ4v) is 3.81. The molecule has 0 radical (unpaired) electrons. The van der Waals surface area contributed by atoms with Crippen molar-refractivity contribution in [3.63, 3.8) is 0 Å². The van der Waals surface area contributed by atoms with E-state index in [0.717, 1.165) is 37.8 Å². The molecular formula is C20H34IN5O2. The fourth-order valence-electron chi connectivity index (χ4n) is 3.81. The van der Waals surface area contributed by atoms with Crippen LogP contribution in [0.25, 0.3) is 0 Å². The number of amides is 1. The lowest BCUT2D eigenvalue weighted by Gasteiger charge is -2.24. The number of aliphatic imine (C=N–C) groups is 1. The third kappa shape index (κ3) is 6.95. The Morgan fingerprint density at radius 2 is 2.11 bits per heavy atom. The molecule has 158 valence electrons. The summed E-state index contributed by atoms with van der Waals surface area (Å²) in [5.41, 5.74) is 0. The summed E-state index contributed by atoms with van der Waals surface area (Å²) >= 11 is 0. The molecule has 8 heteroatoms. The Hall–Kier alpha value is -1.29. The normalized spacial score (nSPS) is 20.3. The summed E-state index contributed by atoms with van der Waals surface area (Å²) in [7, 11) is 3.54. The van der Waals surface area contributed by atoms with E-state index in [1.807, 2.05) is 12.1 Å². The van der Waals surface area contributed by atoms with Gasteiger partial charge in [-0.2, -0.15) is 0 Å². The maximum Gasteiger partial charge on any atom is 0.243 e. The Labute approximate surface area is 185 Å². The van der Waals surface area contributed by atoms with Gasteiger partial charge in [-0.15, -0.1) is 24.0 Å². The molecule has 7 nitrogen and oxygen atoms in total. The molecule has 0 saturated carbocycles. The molecule has 1 aromatic rings. The smallest absolute Gasteiger partial charge is 0.243 e. The van der Waals surface area contributed by atoms with E-state index in [2.05, 4.69) is 20.1 Å². The van der Waals surface area contributed by atoms with Crippen LogP contribution in [0.15, 0.2) is 27.8 Å². The largest absolute Gasteiger partial charge is 0.469 e. The first-order chi connectivity index (χ1) is 13.1. The van der Waals surface area contributed by atoms with Gasteiger partial charge >= 0.3 is 0 Å². The third-order valence-corrected chi connectivity index (χ3v) is 5.40. The Morgan fingerprint density at radius 3 is 2.79 bits per heavy atom. The predicted octanol–water partition coefficient (Wildman–Crippen LogP) is 1.89. The van der Waals surface area contributed by atoms with Gasteiger partial charge in [-0.05, 0) is 50.4 Å². The Balaban J connectivity index is 0.00000280. The summed E-state index contributed by atoms with van der Waals surface area (Å²) in [6.07, 6.45) is 6.37. The molecule has 1 N–H and O–H groups in total. The lowest BCUT2D eigenvalue weighted by Crippen LogP contribution is -2.42. The molecule has 3 rings (SSSR count). The van der Waals surface area contributed by atoms with E-state index in [4.69, 9.17) is 4.42 Å². The van der Waals surface area contributed by atoms with E-state index in [9.17, 15) is 4.79 Å². The van der Waals surface area contributed by atoms with E-state index in [0.29, 0.717) is 5.92 Å². The Morgan fingerprint density at radius 1 is 1.32 bits per heavy atom. The summed E-state index contributed by atoms with van der Waals surface area (Å²) in [5.74, 6) is 2.51. The first-order valence-electron chi connectivity index (χ1n) is 10.1. The third-order valence-electron chi connectivity index (χ3n) is 5.40. The SMILES string of the molecule is CN(C)C(=O)CN=C(NCCc1ccco1)N1CCC(CN2CCCC2)C1.I. The molecule has 1 atom stereocenters. The summed E-state index contributed by atoms with van der Waals surface area (Å²) in [5, 5.41) is 3.44. The lowest BCUT2D eigenvalue weighted by atomic mass is 10.1.